The zero-order chi connectivity index (χ0) is 18.7. The average Bonchev–Trinajstić information content (AvgIpc) is 2.64. The van der Waals surface area contributed by atoms with Crippen LogP contribution in [-0.2, 0) is 0 Å². The number of methoxy groups -OCH3 is 1. The maximum Gasteiger partial charge on any atom is 0.347 e. The van der Waals surface area contributed by atoms with Crippen molar-refractivity contribution in [2.45, 2.75) is 0 Å². The van der Waals surface area contributed by atoms with Crippen molar-refractivity contribution >= 4 is 34.3 Å². The molecule has 0 saturated carbocycles. The molecule has 0 aliphatic carbocycles. The molecule has 0 radical (unpaired) electrons. The normalized spacial score (nSPS) is 11.4. The van der Waals surface area contributed by atoms with Crippen LogP contribution in [0.1, 0.15) is 15.9 Å². The molecule has 1 heterocycles. The Bertz CT molecular complexity index is 1080. The minimum absolute atomic E-state index is 0.0251. The van der Waals surface area contributed by atoms with Crippen molar-refractivity contribution < 1.29 is 13.9 Å². The number of hydrogen-bond donors (Lipinski definition) is 2. The molecule has 132 valence electrons. The number of para-hydroxylation sites is 1. The van der Waals surface area contributed by atoms with Crippen LogP contribution in [0.4, 0.5) is 0 Å². The van der Waals surface area contributed by atoms with Crippen LogP contribution < -0.4 is 21.5 Å². The van der Waals surface area contributed by atoms with Crippen molar-refractivity contribution in [1.29, 1.82) is 0 Å². The third kappa shape index (κ3) is 3.52. The lowest BCUT2D eigenvalue weighted by atomic mass is 10.1. The molecular formula is C18H14ClN3O4. The second-order valence-corrected chi connectivity index (χ2v) is 5.71. The van der Waals surface area contributed by atoms with Crippen LogP contribution in [0.3, 0.4) is 0 Å². The molecule has 0 spiro atoms. The number of nitrogens with two attached hydrogens (primary N) is 1. The van der Waals surface area contributed by atoms with Gasteiger partial charge in [0.25, 0.3) is 5.91 Å². The van der Waals surface area contributed by atoms with E-state index in [2.05, 4.69) is 10.5 Å². The number of rotatable bonds is 4. The zero-order valence-corrected chi connectivity index (χ0v) is 14.4. The lowest BCUT2D eigenvalue weighted by Crippen LogP contribution is -2.27. The van der Waals surface area contributed by atoms with Gasteiger partial charge in [-0.3, -0.25) is 4.79 Å². The molecule has 26 heavy (non-hydrogen) atoms. The molecular weight excluding hydrogens is 358 g/mol. The fraction of sp³-hybridized carbons (Fsp3) is 0.0556. The van der Waals surface area contributed by atoms with Gasteiger partial charge < -0.3 is 14.9 Å². The summed E-state index contributed by atoms with van der Waals surface area (Å²) in [5, 5.41) is 4.80. The van der Waals surface area contributed by atoms with E-state index in [0.29, 0.717) is 27.3 Å². The van der Waals surface area contributed by atoms with Gasteiger partial charge in [0.2, 0.25) is 0 Å². The molecule has 3 N–H and O–H groups in total. The summed E-state index contributed by atoms with van der Waals surface area (Å²) >= 11 is 5.84. The molecule has 0 fully saturated rings. The van der Waals surface area contributed by atoms with Gasteiger partial charge in [0.1, 0.15) is 5.56 Å². The maximum absolute atomic E-state index is 12.2. The van der Waals surface area contributed by atoms with Crippen molar-refractivity contribution in [1.82, 2.24) is 5.43 Å². The second-order valence-electron chi connectivity index (χ2n) is 5.27. The van der Waals surface area contributed by atoms with Gasteiger partial charge in [0, 0.05) is 16.0 Å². The third-order valence-electron chi connectivity index (χ3n) is 3.58. The largest absolute Gasteiger partial charge is 0.493 e. The Balaban J connectivity index is 1.90. The molecule has 0 aliphatic rings. The summed E-state index contributed by atoms with van der Waals surface area (Å²) in [7, 11) is 1.48. The first-order valence-electron chi connectivity index (χ1n) is 7.50. The van der Waals surface area contributed by atoms with E-state index in [1.807, 2.05) is 0 Å². The van der Waals surface area contributed by atoms with E-state index in [-0.39, 0.29) is 11.4 Å². The van der Waals surface area contributed by atoms with Gasteiger partial charge >= 0.3 is 5.63 Å². The van der Waals surface area contributed by atoms with Gasteiger partial charge in [-0.2, -0.15) is 5.10 Å². The average molecular weight is 372 g/mol. The molecule has 0 unspecified atom stereocenters. The summed E-state index contributed by atoms with van der Waals surface area (Å²) in [4.78, 5) is 24.3. The van der Waals surface area contributed by atoms with Crippen LogP contribution in [0.25, 0.3) is 11.0 Å². The van der Waals surface area contributed by atoms with Crippen LogP contribution in [0.5, 0.6) is 5.75 Å². The highest BCUT2D eigenvalue weighted by Crippen LogP contribution is 2.24. The predicted molar refractivity (Wildman–Crippen MR) is 98.7 cm³/mol. The molecule has 8 heteroatoms. The molecule has 0 atom stereocenters. The van der Waals surface area contributed by atoms with Crippen LogP contribution in [0, 0.1) is 0 Å². The molecule has 3 rings (SSSR count). The van der Waals surface area contributed by atoms with Crippen molar-refractivity contribution in [3.63, 3.8) is 0 Å². The monoisotopic (exact) mass is 371 g/mol. The Morgan fingerprint density at radius 3 is 2.73 bits per heavy atom. The standard InChI is InChI=1S/C18H14ClN3O4/c1-25-14-7-3-4-10-9-13(18(24)26-15(10)14)16(20)21-22-17(23)11-5-2-6-12(19)8-11/h2-9H,1H3,(H2,20,21)(H,22,23). The maximum atomic E-state index is 12.2. The third-order valence-corrected chi connectivity index (χ3v) is 3.82. The van der Waals surface area contributed by atoms with Crippen molar-refractivity contribution in [3.8, 4) is 5.75 Å². The zero-order valence-electron chi connectivity index (χ0n) is 13.7. The minimum Gasteiger partial charge on any atom is -0.493 e. The number of fused-ring (bicyclic) bond motifs is 1. The molecule has 3 aromatic rings. The topological polar surface area (TPSA) is 107 Å². The van der Waals surface area contributed by atoms with Crippen LogP contribution in [-0.4, -0.2) is 18.9 Å². The highest BCUT2D eigenvalue weighted by Gasteiger charge is 2.13. The van der Waals surface area contributed by atoms with Gasteiger partial charge in [0.15, 0.2) is 17.2 Å². The van der Waals surface area contributed by atoms with E-state index in [4.69, 9.17) is 26.5 Å². The number of hydrogen-bond acceptors (Lipinski definition) is 5. The first-order chi connectivity index (χ1) is 12.5. The molecule has 1 amide bonds. The number of halogens is 1. The second kappa shape index (κ2) is 7.28. The van der Waals surface area contributed by atoms with Gasteiger partial charge in [-0.1, -0.05) is 29.8 Å². The van der Waals surface area contributed by atoms with Crippen molar-refractivity contribution in [3.05, 3.63) is 75.1 Å². The van der Waals surface area contributed by atoms with E-state index in [1.54, 1.807) is 36.4 Å². The first-order valence-corrected chi connectivity index (χ1v) is 7.87. The van der Waals surface area contributed by atoms with E-state index in [1.165, 1.54) is 19.2 Å². The molecule has 2 aromatic carbocycles. The van der Waals surface area contributed by atoms with Gasteiger partial charge in [0.05, 0.1) is 7.11 Å². The highest BCUT2D eigenvalue weighted by molar-refractivity contribution is 6.30. The lowest BCUT2D eigenvalue weighted by Gasteiger charge is -2.06. The van der Waals surface area contributed by atoms with E-state index in [0.717, 1.165) is 0 Å². The smallest absolute Gasteiger partial charge is 0.347 e. The van der Waals surface area contributed by atoms with Crippen molar-refractivity contribution in [2.75, 3.05) is 7.11 Å². The number of amides is 1. The SMILES string of the molecule is COc1cccc2cc(/C(N)=N/NC(=O)c3cccc(Cl)c3)c(=O)oc12. The van der Waals surface area contributed by atoms with E-state index in [9.17, 15) is 9.59 Å². The summed E-state index contributed by atoms with van der Waals surface area (Å²) in [5.74, 6) is -0.267. The summed E-state index contributed by atoms with van der Waals surface area (Å²) in [5.41, 5.74) is 8.06. The number of hydrazone groups is 1. The van der Waals surface area contributed by atoms with Crippen LogP contribution in [0.2, 0.25) is 5.02 Å². The number of carbonyl (C=O) groups is 1. The quantitative estimate of drug-likeness (QED) is 0.317. The molecule has 7 nitrogen and oxygen atoms in total. The summed E-state index contributed by atoms with van der Waals surface area (Å²) in [6.45, 7) is 0. The Morgan fingerprint density at radius 1 is 1.23 bits per heavy atom. The lowest BCUT2D eigenvalue weighted by molar-refractivity contribution is 0.0955. The molecule has 0 saturated heterocycles. The summed E-state index contributed by atoms with van der Waals surface area (Å²) in [6.07, 6.45) is 0. The van der Waals surface area contributed by atoms with Crippen molar-refractivity contribution in [2.24, 2.45) is 10.8 Å². The van der Waals surface area contributed by atoms with Gasteiger partial charge in [-0.25, -0.2) is 10.2 Å². The fourth-order valence-electron chi connectivity index (χ4n) is 2.32. The number of carbonyl (C=O) groups excluding carboxylic acids is 1. The summed E-state index contributed by atoms with van der Waals surface area (Å²) in [6, 6.07) is 13.0. The number of benzene rings is 2. The molecule has 1 aromatic heterocycles. The van der Waals surface area contributed by atoms with Crippen LogP contribution >= 0.6 is 11.6 Å². The molecule has 0 aliphatic heterocycles. The highest BCUT2D eigenvalue weighted by atomic mass is 35.5. The van der Waals surface area contributed by atoms with E-state index < -0.39 is 11.5 Å². The van der Waals surface area contributed by atoms with Gasteiger partial charge in [-0.15, -0.1) is 0 Å². The number of amidine groups is 1. The summed E-state index contributed by atoms with van der Waals surface area (Å²) < 4.78 is 10.4. The predicted octanol–water partition coefficient (Wildman–Crippen LogP) is 2.51. The molecule has 0 bridgehead atoms. The first kappa shape index (κ1) is 17.5. The Morgan fingerprint density at radius 2 is 2.00 bits per heavy atom. The number of ether oxygens (including phenoxy) is 1. The number of nitrogens with one attached hydrogen (secondary N) is 1. The van der Waals surface area contributed by atoms with Crippen LogP contribution in [0.15, 0.2) is 62.8 Å². The fourth-order valence-corrected chi connectivity index (χ4v) is 2.51. The van der Waals surface area contributed by atoms with Gasteiger partial charge in [-0.05, 0) is 30.3 Å². The van der Waals surface area contributed by atoms with E-state index >= 15 is 0 Å². The minimum atomic E-state index is -0.694. The Hall–Kier alpha value is -3.32. The number of nitrogens with zero attached hydrogens (tertiary/aromatic N) is 1. The Kier molecular flexibility index (Phi) is 4.90. The Labute approximate surface area is 153 Å².